The van der Waals surface area contributed by atoms with Crippen molar-refractivity contribution < 1.29 is 4.74 Å². The third-order valence-corrected chi connectivity index (χ3v) is 3.67. The van der Waals surface area contributed by atoms with Crippen molar-refractivity contribution in [1.29, 1.82) is 0 Å². The van der Waals surface area contributed by atoms with Crippen molar-refractivity contribution >= 4 is 6.02 Å². The molecule has 2 atom stereocenters. The van der Waals surface area contributed by atoms with Crippen LogP contribution in [0.2, 0.25) is 0 Å². The van der Waals surface area contributed by atoms with Crippen LogP contribution in [-0.2, 0) is 4.74 Å². The van der Waals surface area contributed by atoms with Crippen LogP contribution in [0, 0.1) is 5.92 Å². The predicted molar refractivity (Wildman–Crippen MR) is 57.2 cm³/mol. The average molecular weight is 196 g/mol. The summed E-state index contributed by atoms with van der Waals surface area (Å²) in [6.45, 7) is 3.07. The number of rotatable bonds is 1. The zero-order valence-corrected chi connectivity index (χ0v) is 8.96. The van der Waals surface area contributed by atoms with Gasteiger partial charge in [-0.2, -0.15) is 0 Å². The van der Waals surface area contributed by atoms with Gasteiger partial charge in [-0.25, -0.2) is 4.99 Å². The summed E-state index contributed by atoms with van der Waals surface area (Å²) >= 11 is 0. The second kappa shape index (κ2) is 3.79. The molecule has 1 spiro atoms. The van der Waals surface area contributed by atoms with Crippen molar-refractivity contribution in [1.82, 2.24) is 0 Å². The zero-order chi connectivity index (χ0) is 10.0. The normalized spacial score (nSPS) is 37.8. The minimum absolute atomic E-state index is 0.0198. The summed E-state index contributed by atoms with van der Waals surface area (Å²) in [5.41, 5.74) is 5.57. The van der Waals surface area contributed by atoms with E-state index in [1.54, 1.807) is 0 Å². The first-order chi connectivity index (χ1) is 6.74. The first kappa shape index (κ1) is 9.81. The molecular formula is C11H20N2O. The van der Waals surface area contributed by atoms with Gasteiger partial charge in [0.05, 0.1) is 6.54 Å². The summed E-state index contributed by atoms with van der Waals surface area (Å²) in [6, 6.07) is 0.403. The number of nitrogens with two attached hydrogens (primary N) is 1. The lowest BCUT2D eigenvalue weighted by atomic mass is 9.93. The molecule has 0 saturated heterocycles. The van der Waals surface area contributed by atoms with Crippen molar-refractivity contribution in [3.8, 4) is 0 Å². The molecule has 2 N–H and O–H groups in total. The molecule has 3 heteroatoms. The van der Waals surface area contributed by atoms with E-state index in [0.717, 1.165) is 25.3 Å². The molecule has 14 heavy (non-hydrogen) atoms. The summed E-state index contributed by atoms with van der Waals surface area (Å²) in [4.78, 5) is 4.18. The summed E-state index contributed by atoms with van der Waals surface area (Å²) in [5, 5.41) is 0. The number of hydrogen-bond acceptors (Lipinski definition) is 3. The lowest BCUT2D eigenvalue weighted by Crippen LogP contribution is -2.34. The lowest BCUT2D eigenvalue weighted by molar-refractivity contribution is 0.0676. The van der Waals surface area contributed by atoms with Gasteiger partial charge in [-0.3, -0.25) is 0 Å². The van der Waals surface area contributed by atoms with Gasteiger partial charge in [0.25, 0.3) is 6.02 Å². The number of aliphatic imine (C=N–C) groups is 1. The molecule has 0 aromatic carbocycles. The molecule has 2 aliphatic rings. The summed E-state index contributed by atoms with van der Waals surface area (Å²) in [5.74, 6) is 0.889. The van der Waals surface area contributed by atoms with Crippen LogP contribution < -0.4 is 5.73 Å². The van der Waals surface area contributed by atoms with Crippen LogP contribution in [0.5, 0.6) is 0 Å². The van der Waals surface area contributed by atoms with Crippen LogP contribution in [0.3, 0.4) is 0 Å². The topological polar surface area (TPSA) is 47.6 Å². The van der Waals surface area contributed by atoms with E-state index in [1.807, 2.05) is 0 Å². The third kappa shape index (κ3) is 1.86. The number of amidine groups is 1. The van der Waals surface area contributed by atoms with Crippen LogP contribution in [0.15, 0.2) is 4.99 Å². The Balaban J connectivity index is 1.96. The Morgan fingerprint density at radius 1 is 1.50 bits per heavy atom. The molecule has 0 aromatic heterocycles. The van der Waals surface area contributed by atoms with Crippen molar-refractivity contribution in [3.05, 3.63) is 0 Å². The highest BCUT2D eigenvalue weighted by molar-refractivity contribution is 5.73. The van der Waals surface area contributed by atoms with Gasteiger partial charge >= 0.3 is 0 Å². The fourth-order valence-corrected chi connectivity index (χ4v) is 2.63. The third-order valence-electron chi connectivity index (χ3n) is 3.67. The SMILES string of the molecule is CCC1CCCC2(CC1)CN=C(N)O2. The number of nitrogens with zero attached hydrogens (tertiary/aromatic N) is 1. The molecule has 2 rings (SSSR count). The number of hydrogen-bond donors (Lipinski definition) is 1. The molecule has 0 amide bonds. The second-order valence-electron chi connectivity index (χ2n) is 4.64. The van der Waals surface area contributed by atoms with Crippen molar-refractivity contribution in [2.24, 2.45) is 16.6 Å². The van der Waals surface area contributed by atoms with E-state index in [-0.39, 0.29) is 5.60 Å². The van der Waals surface area contributed by atoms with Gasteiger partial charge in [-0.1, -0.05) is 19.8 Å². The smallest absolute Gasteiger partial charge is 0.282 e. The molecule has 0 radical (unpaired) electrons. The van der Waals surface area contributed by atoms with E-state index >= 15 is 0 Å². The summed E-state index contributed by atoms with van der Waals surface area (Å²) in [6.07, 6.45) is 7.46. The Hall–Kier alpha value is -0.730. The molecule has 1 aliphatic heterocycles. The van der Waals surface area contributed by atoms with Crippen molar-refractivity contribution in [3.63, 3.8) is 0 Å². The van der Waals surface area contributed by atoms with E-state index in [4.69, 9.17) is 10.5 Å². The molecule has 1 saturated carbocycles. The summed E-state index contributed by atoms with van der Waals surface area (Å²) < 4.78 is 5.69. The first-order valence-electron chi connectivity index (χ1n) is 5.73. The highest BCUT2D eigenvalue weighted by Crippen LogP contribution is 2.36. The van der Waals surface area contributed by atoms with E-state index in [1.165, 1.54) is 25.7 Å². The minimum atomic E-state index is -0.0198. The highest BCUT2D eigenvalue weighted by Gasteiger charge is 2.38. The Bertz CT molecular complexity index is 239. The van der Waals surface area contributed by atoms with E-state index in [9.17, 15) is 0 Å². The molecule has 1 aliphatic carbocycles. The number of ether oxygens (including phenoxy) is 1. The van der Waals surface area contributed by atoms with Crippen LogP contribution in [0.4, 0.5) is 0 Å². The lowest BCUT2D eigenvalue weighted by Gasteiger charge is -2.26. The van der Waals surface area contributed by atoms with Gasteiger partial charge in [-0.05, 0) is 31.6 Å². The quantitative estimate of drug-likeness (QED) is 0.697. The van der Waals surface area contributed by atoms with E-state index < -0.39 is 0 Å². The monoisotopic (exact) mass is 196 g/mol. The van der Waals surface area contributed by atoms with Crippen molar-refractivity contribution in [2.75, 3.05) is 6.54 Å². The maximum atomic E-state index is 5.69. The molecule has 0 aromatic rings. The zero-order valence-electron chi connectivity index (χ0n) is 8.96. The van der Waals surface area contributed by atoms with Gasteiger partial charge in [0.1, 0.15) is 5.60 Å². The summed E-state index contributed by atoms with van der Waals surface area (Å²) in [7, 11) is 0. The molecule has 3 nitrogen and oxygen atoms in total. The molecule has 2 unspecified atom stereocenters. The fourth-order valence-electron chi connectivity index (χ4n) is 2.63. The molecule has 80 valence electrons. The van der Waals surface area contributed by atoms with Gasteiger partial charge in [0, 0.05) is 0 Å². The maximum absolute atomic E-state index is 5.69. The Labute approximate surface area is 85.7 Å². The molecule has 1 heterocycles. The van der Waals surface area contributed by atoms with Crippen LogP contribution in [0.1, 0.15) is 45.4 Å². The van der Waals surface area contributed by atoms with E-state index in [0.29, 0.717) is 6.02 Å². The highest BCUT2D eigenvalue weighted by atomic mass is 16.5. The second-order valence-corrected chi connectivity index (χ2v) is 4.64. The molecular weight excluding hydrogens is 176 g/mol. The standard InChI is InChI=1S/C11H20N2O/c1-2-9-4-3-6-11(7-5-9)8-13-10(12)14-11/h9H,2-8H2,1H3,(H2,12,13). The Morgan fingerprint density at radius 2 is 2.36 bits per heavy atom. The largest absolute Gasteiger partial charge is 0.457 e. The van der Waals surface area contributed by atoms with Crippen molar-refractivity contribution in [2.45, 2.75) is 51.0 Å². The molecule has 1 fully saturated rings. The van der Waals surface area contributed by atoms with Gasteiger partial charge in [0.2, 0.25) is 0 Å². The predicted octanol–water partition coefficient (Wildman–Crippen LogP) is 2.06. The Kier molecular flexibility index (Phi) is 2.66. The first-order valence-corrected chi connectivity index (χ1v) is 5.73. The van der Waals surface area contributed by atoms with Crippen LogP contribution in [-0.4, -0.2) is 18.2 Å². The fraction of sp³-hybridized carbons (Fsp3) is 0.909. The minimum Gasteiger partial charge on any atom is -0.457 e. The molecule has 0 bridgehead atoms. The van der Waals surface area contributed by atoms with E-state index in [2.05, 4.69) is 11.9 Å². The maximum Gasteiger partial charge on any atom is 0.282 e. The van der Waals surface area contributed by atoms with Crippen LogP contribution in [0.25, 0.3) is 0 Å². The average Bonchev–Trinajstić information content (AvgIpc) is 2.44. The Morgan fingerprint density at radius 3 is 3.00 bits per heavy atom. The van der Waals surface area contributed by atoms with Gasteiger partial charge < -0.3 is 10.5 Å². The van der Waals surface area contributed by atoms with Crippen LogP contribution >= 0.6 is 0 Å². The van der Waals surface area contributed by atoms with Gasteiger partial charge in [-0.15, -0.1) is 0 Å². The van der Waals surface area contributed by atoms with Gasteiger partial charge in [0.15, 0.2) is 0 Å².